The molecule has 0 unspecified atom stereocenters. The van der Waals surface area contributed by atoms with Gasteiger partial charge in [0.15, 0.2) is 9.84 Å². The third kappa shape index (κ3) is 5.77. The predicted molar refractivity (Wildman–Crippen MR) is 69.9 cm³/mol. The lowest BCUT2D eigenvalue weighted by atomic mass is 10.1. The van der Waals surface area contributed by atoms with E-state index in [4.69, 9.17) is 4.74 Å². The van der Waals surface area contributed by atoms with E-state index < -0.39 is 15.8 Å². The summed E-state index contributed by atoms with van der Waals surface area (Å²) in [5, 5.41) is 0. The number of thioether (sulfide) groups is 1. The average Bonchev–Trinajstić information content (AvgIpc) is 2.52. The average molecular weight is 280 g/mol. The van der Waals surface area contributed by atoms with Crippen LogP contribution >= 0.6 is 11.8 Å². The summed E-state index contributed by atoms with van der Waals surface area (Å²) in [5.74, 6) is 0.0106. The zero-order valence-corrected chi connectivity index (χ0v) is 12.2. The van der Waals surface area contributed by atoms with Crippen LogP contribution in [0.5, 0.6) is 0 Å². The van der Waals surface area contributed by atoms with Crippen LogP contribution in [-0.4, -0.2) is 43.0 Å². The molecule has 0 amide bonds. The number of carbonyl (C=O) groups is 1. The zero-order valence-electron chi connectivity index (χ0n) is 10.6. The molecule has 0 spiro atoms. The van der Waals surface area contributed by atoms with Gasteiger partial charge in [0.1, 0.15) is 6.61 Å². The summed E-state index contributed by atoms with van der Waals surface area (Å²) in [6.45, 7) is 6.66. The van der Waals surface area contributed by atoms with Gasteiger partial charge in [-0.3, -0.25) is 4.79 Å². The summed E-state index contributed by atoms with van der Waals surface area (Å²) in [4.78, 5) is 11.6. The van der Waals surface area contributed by atoms with Crippen LogP contribution in [0.25, 0.3) is 0 Å². The molecule has 4 nitrogen and oxygen atoms in total. The first kappa shape index (κ1) is 14.8. The van der Waals surface area contributed by atoms with Crippen molar-refractivity contribution in [1.29, 1.82) is 0 Å². The highest BCUT2D eigenvalue weighted by atomic mass is 32.2. The van der Waals surface area contributed by atoms with Gasteiger partial charge in [-0.1, -0.05) is 20.8 Å². The van der Waals surface area contributed by atoms with Crippen LogP contribution in [0.4, 0.5) is 0 Å². The van der Waals surface area contributed by atoms with E-state index in [9.17, 15) is 13.2 Å². The molecule has 0 aromatic rings. The lowest BCUT2D eigenvalue weighted by molar-refractivity contribution is -0.146. The van der Waals surface area contributed by atoms with E-state index in [0.29, 0.717) is 13.0 Å². The SMILES string of the molecule is CC(C)(C)SCCOC(=O)[C@@H]1CCS(=O)(=O)C1. The second kappa shape index (κ2) is 5.61. The van der Waals surface area contributed by atoms with E-state index in [2.05, 4.69) is 20.8 Å². The summed E-state index contributed by atoms with van der Waals surface area (Å²) < 4.78 is 27.6. The number of rotatable bonds is 4. The Labute approximate surface area is 107 Å². The topological polar surface area (TPSA) is 60.4 Å². The van der Waals surface area contributed by atoms with Gasteiger partial charge in [-0.25, -0.2) is 8.42 Å². The standard InChI is InChI=1S/C11H20O4S2/c1-11(2,3)16-6-5-15-10(12)9-4-7-17(13,14)8-9/h9H,4-8H2,1-3H3/t9-/m1/s1. The largest absolute Gasteiger partial charge is 0.465 e. The Morgan fingerprint density at radius 1 is 1.41 bits per heavy atom. The molecule has 1 fully saturated rings. The molecule has 0 aromatic heterocycles. The molecular weight excluding hydrogens is 260 g/mol. The van der Waals surface area contributed by atoms with Crippen molar-refractivity contribution in [2.75, 3.05) is 23.9 Å². The third-order valence-corrected chi connectivity index (χ3v) is 5.43. The summed E-state index contributed by atoms with van der Waals surface area (Å²) in [5.41, 5.74) is 0. The van der Waals surface area contributed by atoms with Gasteiger partial charge < -0.3 is 4.74 Å². The first-order valence-electron chi connectivity index (χ1n) is 5.71. The van der Waals surface area contributed by atoms with E-state index in [1.165, 1.54) is 0 Å². The lowest BCUT2D eigenvalue weighted by Gasteiger charge is -2.17. The van der Waals surface area contributed by atoms with Crippen molar-refractivity contribution < 1.29 is 17.9 Å². The minimum atomic E-state index is -3.00. The van der Waals surface area contributed by atoms with Gasteiger partial charge >= 0.3 is 5.97 Å². The fourth-order valence-corrected chi connectivity index (χ4v) is 4.09. The molecule has 1 atom stereocenters. The van der Waals surface area contributed by atoms with Crippen molar-refractivity contribution in [3.8, 4) is 0 Å². The lowest BCUT2D eigenvalue weighted by Crippen LogP contribution is -2.20. The van der Waals surface area contributed by atoms with Gasteiger partial charge in [0.25, 0.3) is 0 Å². The molecule has 0 bridgehead atoms. The van der Waals surface area contributed by atoms with Crippen LogP contribution in [0, 0.1) is 5.92 Å². The third-order valence-electron chi connectivity index (χ3n) is 2.43. The second-order valence-corrected chi connectivity index (χ2v) is 9.38. The minimum absolute atomic E-state index is 0.0434. The maximum Gasteiger partial charge on any atom is 0.310 e. The molecule has 1 saturated heterocycles. The first-order chi connectivity index (χ1) is 7.70. The Bertz CT molecular complexity index is 367. The second-order valence-electron chi connectivity index (χ2n) is 5.23. The molecule has 0 radical (unpaired) electrons. The predicted octanol–water partition coefficient (Wildman–Crippen LogP) is 1.50. The highest BCUT2D eigenvalue weighted by Crippen LogP contribution is 2.23. The maximum absolute atomic E-state index is 11.6. The van der Waals surface area contributed by atoms with Gasteiger partial charge in [-0.05, 0) is 6.42 Å². The Kier molecular flexibility index (Phi) is 4.89. The van der Waals surface area contributed by atoms with E-state index in [1.807, 2.05) is 0 Å². The van der Waals surface area contributed by atoms with Crippen molar-refractivity contribution in [3.05, 3.63) is 0 Å². The molecular formula is C11H20O4S2. The van der Waals surface area contributed by atoms with Gasteiger partial charge in [0.2, 0.25) is 0 Å². The first-order valence-corrected chi connectivity index (χ1v) is 8.51. The fraction of sp³-hybridized carbons (Fsp3) is 0.909. The van der Waals surface area contributed by atoms with E-state index in [-0.39, 0.29) is 22.2 Å². The van der Waals surface area contributed by atoms with Crippen LogP contribution in [-0.2, 0) is 19.4 Å². The van der Waals surface area contributed by atoms with Gasteiger partial charge in [0, 0.05) is 10.5 Å². The molecule has 1 aliphatic rings. The molecule has 17 heavy (non-hydrogen) atoms. The molecule has 100 valence electrons. The van der Waals surface area contributed by atoms with E-state index in [1.54, 1.807) is 11.8 Å². The van der Waals surface area contributed by atoms with Crippen molar-refractivity contribution in [2.45, 2.75) is 31.9 Å². The number of hydrogen-bond donors (Lipinski definition) is 0. The van der Waals surface area contributed by atoms with Gasteiger partial charge in [-0.15, -0.1) is 0 Å². The summed E-state index contributed by atoms with van der Waals surface area (Å²) in [7, 11) is -3.00. The normalized spacial score (nSPS) is 23.6. The van der Waals surface area contributed by atoms with Gasteiger partial charge in [-0.2, -0.15) is 11.8 Å². The number of carbonyl (C=O) groups excluding carboxylic acids is 1. The number of esters is 1. The van der Waals surface area contributed by atoms with Crippen molar-refractivity contribution in [1.82, 2.24) is 0 Å². The smallest absolute Gasteiger partial charge is 0.310 e. The van der Waals surface area contributed by atoms with Crippen molar-refractivity contribution in [3.63, 3.8) is 0 Å². The molecule has 0 saturated carbocycles. The van der Waals surface area contributed by atoms with Crippen LogP contribution in [0.1, 0.15) is 27.2 Å². The van der Waals surface area contributed by atoms with Crippen molar-refractivity contribution in [2.24, 2.45) is 5.92 Å². The molecule has 0 N–H and O–H groups in total. The zero-order chi connectivity index (χ0) is 13.1. The molecule has 0 aromatic carbocycles. The van der Waals surface area contributed by atoms with Crippen LogP contribution in [0.2, 0.25) is 0 Å². The molecule has 1 rings (SSSR count). The van der Waals surface area contributed by atoms with Crippen LogP contribution in [0.3, 0.4) is 0 Å². The molecule has 0 aliphatic carbocycles. The summed E-state index contributed by atoms with van der Waals surface area (Å²) in [6, 6.07) is 0. The molecule has 6 heteroatoms. The Morgan fingerprint density at radius 2 is 2.06 bits per heavy atom. The van der Waals surface area contributed by atoms with E-state index in [0.717, 1.165) is 5.75 Å². The highest BCUT2D eigenvalue weighted by Gasteiger charge is 2.33. The van der Waals surface area contributed by atoms with E-state index >= 15 is 0 Å². The summed E-state index contributed by atoms with van der Waals surface area (Å²) in [6.07, 6.45) is 0.410. The number of hydrogen-bond acceptors (Lipinski definition) is 5. The van der Waals surface area contributed by atoms with Crippen LogP contribution in [0.15, 0.2) is 0 Å². The molecule has 1 heterocycles. The Hall–Kier alpha value is -0.230. The Morgan fingerprint density at radius 3 is 2.53 bits per heavy atom. The summed E-state index contributed by atoms with van der Waals surface area (Å²) >= 11 is 1.72. The number of ether oxygens (including phenoxy) is 1. The van der Waals surface area contributed by atoms with Gasteiger partial charge in [0.05, 0.1) is 17.4 Å². The van der Waals surface area contributed by atoms with Crippen molar-refractivity contribution >= 4 is 27.6 Å². The molecule has 1 aliphatic heterocycles. The monoisotopic (exact) mass is 280 g/mol. The maximum atomic E-state index is 11.6. The number of sulfone groups is 1. The highest BCUT2D eigenvalue weighted by molar-refractivity contribution is 8.00. The minimum Gasteiger partial charge on any atom is -0.465 e. The van der Waals surface area contributed by atoms with Crippen LogP contribution < -0.4 is 0 Å². The quantitative estimate of drug-likeness (QED) is 0.577. The fourth-order valence-electron chi connectivity index (χ4n) is 1.59. The Balaban J connectivity index is 2.23.